The van der Waals surface area contributed by atoms with Crippen molar-refractivity contribution in [3.05, 3.63) is 0 Å². The summed E-state index contributed by atoms with van der Waals surface area (Å²) >= 11 is 0. The molecule has 1 aliphatic rings. The van der Waals surface area contributed by atoms with E-state index in [0.717, 1.165) is 18.9 Å². The fraction of sp³-hybridized carbons (Fsp3) is 1.00. The van der Waals surface area contributed by atoms with Gasteiger partial charge in [0.1, 0.15) is 0 Å². The van der Waals surface area contributed by atoms with Crippen LogP contribution in [0.25, 0.3) is 0 Å². The lowest BCUT2D eigenvalue weighted by Crippen LogP contribution is -2.51. The SMILES string of the molecule is CCNC(CC1CC1)C(C)(C)S(C)(=O)=O. The summed E-state index contributed by atoms with van der Waals surface area (Å²) in [6.45, 7) is 6.52. The van der Waals surface area contributed by atoms with Crippen molar-refractivity contribution in [3.8, 4) is 0 Å². The van der Waals surface area contributed by atoms with Gasteiger partial charge in [-0.05, 0) is 32.7 Å². The van der Waals surface area contributed by atoms with Gasteiger partial charge in [-0.3, -0.25) is 0 Å². The van der Waals surface area contributed by atoms with Crippen LogP contribution in [-0.4, -0.2) is 32.0 Å². The van der Waals surface area contributed by atoms with Crippen molar-refractivity contribution in [3.63, 3.8) is 0 Å². The number of hydrogen-bond donors (Lipinski definition) is 1. The largest absolute Gasteiger partial charge is 0.313 e. The van der Waals surface area contributed by atoms with E-state index < -0.39 is 14.6 Å². The molecule has 0 saturated heterocycles. The summed E-state index contributed by atoms with van der Waals surface area (Å²) in [4.78, 5) is 0. The van der Waals surface area contributed by atoms with Crippen LogP contribution >= 0.6 is 0 Å². The van der Waals surface area contributed by atoms with Crippen LogP contribution in [0.5, 0.6) is 0 Å². The topological polar surface area (TPSA) is 46.2 Å². The number of rotatable bonds is 6. The van der Waals surface area contributed by atoms with E-state index in [4.69, 9.17) is 0 Å². The second-order valence-electron chi connectivity index (χ2n) is 5.16. The van der Waals surface area contributed by atoms with Gasteiger partial charge in [-0.1, -0.05) is 19.8 Å². The molecule has 0 amide bonds. The van der Waals surface area contributed by atoms with Crippen LogP contribution in [-0.2, 0) is 9.84 Å². The molecule has 0 spiro atoms. The first-order valence-electron chi connectivity index (χ1n) is 5.72. The smallest absolute Gasteiger partial charge is 0.154 e. The molecule has 1 N–H and O–H groups in total. The maximum absolute atomic E-state index is 11.7. The van der Waals surface area contributed by atoms with Crippen molar-refractivity contribution in [1.82, 2.24) is 5.32 Å². The molecule has 90 valence electrons. The Morgan fingerprint density at radius 3 is 2.27 bits per heavy atom. The summed E-state index contributed by atoms with van der Waals surface area (Å²) < 4.78 is 22.8. The highest BCUT2D eigenvalue weighted by atomic mass is 32.2. The van der Waals surface area contributed by atoms with Crippen molar-refractivity contribution >= 4 is 9.84 Å². The zero-order chi connectivity index (χ0) is 11.7. The quantitative estimate of drug-likeness (QED) is 0.758. The van der Waals surface area contributed by atoms with E-state index in [9.17, 15) is 8.42 Å². The molecule has 0 aliphatic heterocycles. The molecule has 1 atom stereocenters. The van der Waals surface area contributed by atoms with Crippen LogP contribution in [0, 0.1) is 5.92 Å². The molecule has 15 heavy (non-hydrogen) atoms. The van der Waals surface area contributed by atoms with Gasteiger partial charge in [-0.2, -0.15) is 0 Å². The first kappa shape index (κ1) is 13.0. The second kappa shape index (κ2) is 4.42. The third-order valence-corrected chi connectivity index (χ3v) is 5.71. The molecule has 0 aromatic heterocycles. The highest BCUT2D eigenvalue weighted by Gasteiger charge is 2.41. The number of hydrogen-bond acceptors (Lipinski definition) is 3. The molecule has 1 rings (SSSR count). The molecular weight excluding hydrogens is 210 g/mol. The van der Waals surface area contributed by atoms with Crippen LogP contribution in [0.3, 0.4) is 0 Å². The highest BCUT2D eigenvalue weighted by molar-refractivity contribution is 7.92. The monoisotopic (exact) mass is 233 g/mol. The third kappa shape index (κ3) is 3.18. The minimum Gasteiger partial charge on any atom is -0.313 e. The lowest BCUT2D eigenvalue weighted by atomic mass is 9.97. The number of nitrogens with one attached hydrogen (secondary N) is 1. The molecule has 1 saturated carbocycles. The van der Waals surface area contributed by atoms with E-state index in [-0.39, 0.29) is 6.04 Å². The predicted octanol–water partition coefficient (Wildman–Crippen LogP) is 1.59. The molecule has 0 bridgehead atoms. The lowest BCUT2D eigenvalue weighted by molar-refractivity contribution is 0.380. The van der Waals surface area contributed by atoms with Gasteiger partial charge < -0.3 is 5.32 Å². The van der Waals surface area contributed by atoms with Gasteiger partial charge in [-0.15, -0.1) is 0 Å². The normalized spacial score (nSPS) is 20.3. The van der Waals surface area contributed by atoms with E-state index >= 15 is 0 Å². The highest BCUT2D eigenvalue weighted by Crippen LogP contribution is 2.37. The van der Waals surface area contributed by atoms with Gasteiger partial charge in [0.2, 0.25) is 0 Å². The van der Waals surface area contributed by atoms with Crippen LogP contribution in [0.1, 0.15) is 40.0 Å². The molecule has 4 heteroatoms. The van der Waals surface area contributed by atoms with Gasteiger partial charge in [0.15, 0.2) is 9.84 Å². The Morgan fingerprint density at radius 2 is 1.93 bits per heavy atom. The zero-order valence-electron chi connectivity index (χ0n) is 10.2. The fourth-order valence-corrected chi connectivity index (χ4v) is 2.50. The molecule has 1 fully saturated rings. The maximum atomic E-state index is 11.7. The van der Waals surface area contributed by atoms with Crippen molar-refractivity contribution in [2.45, 2.75) is 50.8 Å². The molecule has 1 unspecified atom stereocenters. The Bertz CT molecular complexity index is 305. The molecule has 0 radical (unpaired) electrons. The summed E-state index contributed by atoms with van der Waals surface area (Å²) in [5.74, 6) is 0.745. The summed E-state index contributed by atoms with van der Waals surface area (Å²) in [6.07, 6.45) is 4.86. The second-order valence-corrected chi connectivity index (χ2v) is 7.76. The molecular formula is C11H23NO2S. The Kier molecular flexibility index (Phi) is 3.82. The van der Waals surface area contributed by atoms with E-state index in [1.54, 1.807) is 0 Å². The van der Waals surface area contributed by atoms with Crippen molar-refractivity contribution in [2.75, 3.05) is 12.8 Å². The van der Waals surface area contributed by atoms with Gasteiger partial charge in [0.05, 0.1) is 4.75 Å². The van der Waals surface area contributed by atoms with Crippen molar-refractivity contribution in [1.29, 1.82) is 0 Å². The third-order valence-electron chi connectivity index (χ3n) is 3.51. The Morgan fingerprint density at radius 1 is 1.40 bits per heavy atom. The first-order valence-corrected chi connectivity index (χ1v) is 7.61. The van der Waals surface area contributed by atoms with Gasteiger partial charge in [0.25, 0.3) is 0 Å². The summed E-state index contributed by atoms with van der Waals surface area (Å²) in [5, 5.41) is 3.32. The standard InChI is InChI=1S/C11H23NO2S/c1-5-12-10(8-9-6-7-9)11(2,3)15(4,13)14/h9-10,12H,5-8H2,1-4H3. The summed E-state index contributed by atoms with van der Waals surface area (Å²) in [7, 11) is -3.00. The maximum Gasteiger partial charge on any atom is 0.154 e. The molecule has 3 nitrogen and oxygen atoms in total. The van der Waals surface area contributed by atoms with E-state index in [0.29, 0.717) is 0 Å². The minimum atomic E-state index is -3.00. The molecule has 0 aromatic carbocycles. The molecule has 0 heterocycles. The summed E-state index contributed by atoms with van der Waals surface area (Å²) in [5.41, 5.74) is 0. The summed E-state index contributed by atoms with van der Waals surface area (Å²) in [6, 6.07) is 0.0880. The van der Waals surface area contributed by atoms with Crippen molar-refractivity contribution < 1.29 is 8.42 Å². The lowest BCUT2D eigenvalue weighted by Gasteiger charge is -2.33. The Labute approximate surface area is 93.6 Å². The average Bonchev–Trinajstić information content (AvgIpc) is 2.85. The van der Waals surface area contributed by atoms with Gasteiger partial charge in [-0.25, -0.2) is 8.42 Å². The van der Waals surface area contributed by atoms with E-state index in [2.05, 4.69) is 5.32 Å². The Hall–Kier alpha value is -0.0900. The fourth-order valence-electron chi connectivity index (χ4n) is 1.80. The molecule has 0 aromatic rings. The van der Waals surface area contributed by atoms with E-state index in [1.807, 2.05) is 20.8 Å². The van der Waals surface area contributed by atoms with Crippen LogP contribution in [0.15, 0.2) is 0 Å². The van der Waals surface area contributed by atoms with Crippen LogP contribution in [0.2, 0.25) is 0 Å². The van der Waals surface area contributed by atoms with Gasteiger partial charge >= 0.3 is 0 Å². The number of sulfone groups is 1. The molecule has 1 aliphatic carbocycles. The van der Waals surface area contributed by atoms with E-state index in [1.165, 1.54) is 19.1 Å². The Balaban J connectivity index is 2.76. The van der Waals surface area contributed by atoms with Crippen LogP contribution in [0.4, 0.5) is 0 Å². The van der Waals surface area contributed by atoms with Gasteiger partial charge in [0, 0.05) is 12.3 Å². The zero-order valence-corrected chi connectivity index (χ0v) is 11.0. The average molecular weight is 233 g/mol. The predicted molar refractivity (Wildman–Crippen MR) is 63.7 cm³/mol. The first-order chi connectivity index (χ1) is 6.79. The van der Waals surface area contributed by atoms with Crippen LogP contribution < -0.4 is 5.32 Å². The van der Waals surface area contributed by atoms with Crippen molar-refractivity contribution in [2.24, 2.45) is 5.92 Å². The minimum absolute atomic E-state index is 0.0880.